The van der Waals surface area contributed by atoms with Crippen LogP contribution in [-0.4, -0.2) is 19.2 Å². The molecule has 31 heavy (non-hydrogen) atoms. The Bertz CT molecular complexity index is 1510. The fraction of sp³-hybridized carbons (Fsp3) is 0.208. The maximum atomic E-state index is 13.3. The van der Waals surface area contributed by atoms with Gasteiger partial charge in [-0.2, -0.15) is 5.10 Å². The number of oxazole rings is 1. The second kappa shape index (κ2) is 7.39. The third-order valence-electron chi connectivity index (χ3n) is 5.48. The van der Waals surface area contributed by atoms with E-state index in [0.29, 0.717) is 34.3 Å². The molecule has 0 fully saturated rings. The van der Waals surface area contributed by atoms with Crippen molar-refractivity contribution in [3.05, 3.63) is 86.7 Å². The molecule has 0 spiro atoms. The van der Waals surface area contributed by atoms with Gasteiger partial charge in [0.05, 0.1) is 12.1 Å². The Hall–Kier alpha value is -3.38. The smallest absolute Gasteiger partial charge is 0.291 e. The average molecular weight is 433 g/mol. The first kappa shape index (κ1) is 19.6. The van der Waals surface area contributed by atoms with Crippen LogP contribution in [0.3, 0.4) is 0 Å². The third-order valence-corrected chi connectivity index (χ3v) is 5.72. The standard InChI is InChI=1S/C24H21ClN4O2/c1-4-22-27-28(24(30)21-12-17-10-14(2)8-9-20(17)29(21)22)13-19-15(3)31-23(26-19)16-6-5-7-18(25)11-16/h5-12H,4,13H2,1-3H3. The topological polar surface area (TPSA) is 65.3 Å². The van der Waals surface area contributed by atoms with Gasteiger partial charge >= 0.3 is 0 Å². The third kappa shape index (κ3) is 3.33. The lowest BCUT2D eigenvalue weighted by molar-refractivity contribution is 0.532. The maximum Gasteiger partial charge on any atom is 0.291 e. The molecule has 3 aromatic heterocycles. The molecular formula is C24H21ClN4O2. The minimum absolute atomic E-state index is 0.155. The summed E-state index contributed by atoms with van der Waals surface area (Å²) in [6, 6.07) is 15.5. The highest BCUT2D eigenvalue weighted by Gasteiger charge is 2.17. The first-order valence-electron chi connectivity index (χ1n) is 10.2. The Morgan fingerprint density at radius 3 is 2.68 bits per heavy atom. The molecular weight excluding hydrogens is 412 g/mol. The molecule has 0 N–H and O–H groups in total. The maximum absolute atomic E-state index is 13.3. The van der Waals surface area contributed by atoms with E-state index in [9.17, 15) is 4.79 Å². The van der Waals surface area contributed by atoms with E-state index >= 15 is 0 Å². The van der Waals surface area contributed by atoms with Crippen molar-refractivity contribution in [3.63, 3.8) is 0 Å². The number of nitrogens with zero attached hydrogens (tertiary/aromatic N) is 4. The Morgan fingerprint density at radius 1 is 1.06 bits per heavy atom. The molecule has 0 aliphatic carbocycles. The summed E-state index contributed by atoms with van der Waals surface area (Å²) in [5.74, 6) is 1.95. The zero-order chi connectivity index (χ0) is 21.7. The largest absolute Gasteiger partial charge is 0.441 e. The summed E-state index contributed by atoms with van der Waals surface area (Å²) in [4.78, 5) is 17.9. The molecule has 0 amide bonds. The summed E-state index contributed by atoms with van der Waals surface area (Å²) >= 11 is 6.10. The molecule has 0 saturated carbocycles. The van der Waals surface area contributed by atoms with Crippen LogP contribution in [0.2, 0.25) is 5.02 Å². The SMILES string of the molecule is CCc1nn(Cc2nc(-c3cccc(Cl)c3)oc2C)c(=O)c2cc3cc(C)ccc3n12. The lowest BCUT2D eigenvalue weighted by atomic mass is 10.2. The molecule has 5 rings (SSSR count). The first-order chi connectivity index (χ1) is 14.9. The Balaban J connectivity index is 1.62. The van der Waals surface area contributed by atoms with Crippen molar-refractivity contribution < 1.29 is 4.42 Å². The van der Waals surface area contributed by atoms with E-state index in [1.54, 1.807) is 12.1 Å². The molecule has 5 aromatic rings. The fourth-order valence-electron chi connectivity index (χ4n) is 3.93. The molecule has 7 heteroatoms. The van der Waals surface area contributed by atoms with Crippen LogP contribution in [0.5, 0.6) is 0 Å². The van der Waals surface area contributed by atoms with Gasteiger partial charge < -0.3 is 4.42 Å². The second-order valence-electron chi connectivity index (χ2n) is 7.69. The summed E-state index contributed by atoms with van der Waals surface area (Å²) in [5.41, 5.74) is 4.07. The van der Waals surface area contributed by atoms with Crippen molar-refractivity contribution in [2.24, 2.45) is 0 Å². The zero-order valence-corrected chi connectivity index (χ0v) is 18.3. The van der Waals surface area contributed by atoms with Gasteiger partial charge in [0.25, 0.3) is 5.56 Å². The van der Waals surface area contributed by atoms with Gasteiger partial charge in [0, 0.05) is 22.4 Å². The summed E-state index contributed by atoms with van der Waals surface area (Å²) in [6.07, 6.45) is 0.694. The zero-order valence-electron chi connectivity index (χ0n) is 17.5. The lowest BCUT2D eigenvalue weighted by Crippen LogP contribution is -2.27. The number of hydrogen-bond donors (Lipinski definition) is 0. The van der Waals surface area contributed by atoms with E-state index in [0.717, 1.165) is 27.9 Å². The molecule has 0 atom stereocenters. The van der Waals surface area contributed by atoms with Crippen LogP contribution in [0.15, 0.2) is 57.7 Å². The molecule has 3 heterocycles. The highest BCUT2D eigenvalue weighted by atomic mass is 35.5. The minimum atomic E-state index is -0.155. The molecule has 0 radical (unpaired) electrons. The van der Waals surface area contributed by atoms with Crippen molar-refractivity contribution in [1.82, 2.24) is 19.2 Å². The van der Waals surface area contributed by atoms with Crippen molar-refractivity contribution in [2.45, 2.75) is 33.7 Å². The number of aromatic nitrogens is 4. The number of rotatable bonds is 4. The van der Waals surface area contributed by atoms with Gasteiger partial charge in [0.1, 0.15) is 22.8 Å². The summed E-state index contributed by atoms with van der Waals surface area (Å²) in [7, 11) is 0. The fourth-order valence-corrected chi connectivity index (χ4v) is 4.12. The summed E-state index contributed by atoms with van der Waals surface area (Å²) in [5, 5.41) is 6.31. The van der Waals surface area contributed by atoms with Crippen LogP contribution in [-0.2, 0) is 13.0 Å². The van der Waals surface area contributed by atoms with Crippen molar-refractivity contribution in [2.75, 3.05) is 0 Å². The Kier molecular flexibility index (Phi) is 4.67. The molecule has 0 bridgehead atoms. The predicted molar refractivity (Wildman–Crippen MR) is 122 cm³/mol. The van der Waals surface area contributed by atoms with Gasteiger partial charge in [-0.15, -0.1) is 0 Å². The molecule has 0 aliphatic rings. The second-order valence-corrected chi connectivity index (χ2v) is 8.13. The average Bonchev–Trinajstić information content (AvgIpc) is 3.30. The number of hydrogen-bond acceptors (Lipinski definition) is 4. The van der Waals surface area contributed by atoms with E-state index in [1.165, 1.54) is 4.68 Å². The van der Waals surface area contributed by atoms with Crippen LogP contribution < -0.4 is 5.56 Å². The molecule has 2 aromatic carbocycles. The highest BCUT2D eigenvalue weighted by molar-refractivity contribution is 6.30. The molecule has 0 unspecified atom stereocenters. The molecule has 0 saturated heterocycles. The van der Waals surface area contributed by atoms with E-state index in [4.69, 9.17) is 16.0 Å². The Morgan fingerprint density at radius 2 is 1.90 bits per heavy atom. The van der Waals surface area contributed by atoms with E-state index in [1.807, 2.05) is 49.4 Å². The highest BCUT2D eigenvalue weighted by Crippen LogP contribution is 2.25. The quantitative estimate of drug-likeness (QED) is 0.392. The van der Waals surface area contributed by atoms with Crippen LogP contribution in [0.25, 0.3) is 27.9 Å². The molecule has 6 nitrogen and oxygen atoms in total. The van der Waals surface area contributed by atoms with E-state index in [2.05, 4.69) is 22.2 Å². The normalized spacial score (nSPS) is 11.6. The summed E-state index contributed by atoms with van der Waals surface area (Å²) < 4.78 is 9.29. The lowest BCUT2D eigenvalue weighted by Gasteiger charge is -2.09. The number of aryl methyl sites for hydroxylation is 3. The number of benzene rings is 2. The molecule has 0 aliphatic heterocycles. The van der Waals surface area contributed by atoms with Crippen LogP contribution in [0.1, 0.15) is 29.8 Å². The number of fused-ring (bicyclic) bond motifs is 3. The van der Waals surface area contributed by atoms with Gasteiger partial charge in [-0.3, -0.25) is 9.20 Å². The molecule has 156 valence electrons. The van der Waals surface area contributed by atoms with E-state index < -0.39 is 0 Å². The van der Waals surface area contributed by atoms with Crippen LogP contribution in [0.4, 0.5) is 0 Å². The van der Waals surface area contributed by atoms with Gasteiger partial charge in [-0.1, -0.05) is 36.2 Å². The monoisotopic (exact) mass is 432 g/mol. The van der Waals surface area contributed by atoms with Crippen LogP contribution >= 0.6 is 11.6 Å². The Labute approximate surface area is 183 Å². The van der Waals surface area contributed by atoms with Crippen LogP contribution in [0, 0.1) is 13.8 Å². The van der Waals surface area contributed by atoms with Gasteiger partial charge in [0.15, 0.2) is 0 Å². The first-order valence-corrected chi connectivity index (χ1v) is 10.6. The summed E-state index contributed by atoms with van der Waals surface area (Å²) in [6.45, 7) is 6.16. The van der Waals surface area contributed by atoms with Gasteiger partial charge in [-0.25, -0.2) is 9.67 Å². The number of halogens is 1. The van der Waals surface area contributed by atoms with Crippen molar-refractivity contribution in [1.29, 1.82) is 0 Å². The van der Waals surface area contributed by atoms with E-state index in [-0.39, 0.29) is 12.1 Å². The minimum Gasteiger partial charge on any atom is -0.441 e. The van der Waals surface area contributed by atoms with Gasteiger partial charge in [-0.05, 0) is 50.2 Å². The van der Waals surface area contributed by atoms with Crippen molar-refractivity contribution in [3.8, 4) is 11.5 Å². The predicted octanol–water partition coefficient (Wildman–Crippen LogP) is 5.19. The van der Waals surface area contributed by atoms with Gasteiger partial charge in [0.2, 0.25) is 5.89 Å². The van der Waals surface area contributed by atoms with Crippen molar-refractivity contribution >= 4 is 28.0 Å².